The van der Waals surface area contributed by atoms with Crippen molar-refractivity contribution in [3.63, 3.8) is 0 Å². The second-order valence-electron chi connectivity index (χ2n) is 6.81. The van der Waals surface area contributed by atoms with E-state index in [1.165, 1.54) is 38.9 Å². The summed E-state index contributed by atoms with van der Waals surface area (Å²) in [6, 6.07) is 11.6. The van der Waals surface area contributed by atoms with Gasteiger partial charge in [0.05, 0.1) is 0 Å². The maximum atomic E-state index is 2.42. The van der Waals surface area contributed by atoms with E-state index >= 15 is 0 Å². The summed E-state index contributed by atoms with van der Waals surface area (Å²) >= 11 is 0. The molecule has 1 aliphatic carbocycles. The molecule has 0 atom stereocenters. The van der Waals surface area contributed by atoms with Crippen molar-refractivity contribution in [1.29, 1.82) is 0 Å². The number of hydrogen-bond acceptors (Lipinski definition) is 0. The summed E-state index contributed by atoms with van der Waals surface area (Å²) < 4.78 is 0. The Morgan fingerprint density at radius 2 is 1.43 bits per heavy atom. The fraction of sp³-hybridized carbons (Fsp3) is 0.333. The van der Waals surface area contributed by atoms with E-state index in [1.807, 2.05) is 0 Å². The van der Waals surface area contributed by atoms with Crippen molar-refractivity contribution in [2.24, 2.45) is 5.92 Å². The number of benzene rings is 2. The largest absolute Gasteiger partial charge is 0.0626 e. The van der Waals surface area contributed by atoms with Crippen LogP contribution in [0.2, 0.25) is 0 Å². The monoisotopic (exact) mass is 276 g/mol. The summed E-state index contributed by atoms with van der Waals surface area (Å²) in [5, 5.41) is 0. The third-order valence-electron chi connectivity index (χ3n) is 4.41. The Balaban J connectivity index is 2.20. The molecule has 0 aliphatic heterocycles. The maximum absolute atomic E-state index is 2.42. The molecule has 2 aromatic rings. The molecule has 3 rings (SSSR count). The van der Waals surface area contributed by atoms with E-state index in [4.69, 9.17) is 0 Å². The van der Waals surface area contributed by atoms with Crippen LogP contribution in [0.25, 0.3) is 17.2 Å². The molecule has 0 unspecified atom stereocenters. The minimum atomic E-state index is 0.629. The van der Waals surface area contributed by atoms with Crippen LogP contribution in [0.4, 0.5) is 0 Å². The van der Waals surface area contributed by atoms with Crippen molar-refractivity contribution < 1.29 is 0 Å². The van der Waals surface area contributed by atoms with Gasteiger partial charge in [-0.2, -0.15) is 0 Å². The summed E-state index contributed by atoms with van der Waals surface area (Å²) in [5.74, 6) is 0.629. The smallest absolute Gasteiger partial charge is 0.00549 e. The Kier molecular flexibility index (Phi) is 3.49. The van der Waals surface area contributed by atoms with Gasteiger partial charge in [0.1, 0.15) is 0 Å². The van der Waals surface area contributed by atoms with Crippen LogP contribution in [0.5, 0.6) is 0 Å². The van der Waals surface area contributed by atoms with Crippen molar-refractivity contribution in [2.45, 2.75) is 41.0 Å². The molecule has 0 saturated carbocycles. The van der Waals surface area contributed by atoms with Crippen molar-refractivity contribution in [1.82, 2.24) is 0 Å². The highest BCUT2D eigenvalue weighted by Gasteiger charge is 2.19. The number of allylic oxidation sites excluding steroid dienone is 1. The molecule has 0 aromatic heterocycles. The lowest BCUT2D eigenvalue weighted by atomic mass is 9.93. The molecule has 108 valence electrons. The molecule has 0 heteroatoms. The third-order valence-corrected chi connectivity index (χ3v) is 4.41. The lowest BCUT2D eigenvalue weighted by Gasteiger charge is -2.12. The molecule has 0 bridgehead atoms. The van der Waals surface area contributed by atoms with Gasteiger partial charge in [-0.25, -0.2) is 0 Å². The molecule has 0 saturated heterocycles. The molecule has 0 spiro atoms. The molecule has 0 fully saturated rings. The summed E-state index contributed by atoms with van der Waals surface area (Å²) in [6.07, 6.45) is 3.54. The fourth-order valence-corrected chi connectivity index (χ4v) is 3.39. The number of rotatable bonds is 2. The van der Waals surface area contributed by atoms with E-state index < -0.39 is 0 Å². The van der Waals surface area contributed by atoms with E-state index in [0.717, 1.165) is 6.42 Å². The zero-order chi connectivity index (χ0) is 15.1. The molecular formula is C21H24. The van der Waals surface area contributed by atoms with Gasteiger partial charge in [0.2, 0.25) is 0 Å². The Morgan fingerprint density at radius 1 is 0.810 bits per heavy atom. The van der Waals surface area contributed by atoms with Crippen molar-refractivity contribution in [2.75, 3.05) is 0 Å². The van der Waals surface area contributed by atoms with Crippen LogP contribution in [-0.2, 0) is 6.42 Å². The van der Waals surface area contributed by atoms with Crippen LogP contribution in [0, 0.1) is 26.7 Å². The highest BCUT2D eigenvalue weighted by Crippen LogP contribution is 2.37. The number of hydrogen-bond donors (Lipinski definition) is 0. The van der Waals surface area contributed by atoms with Gasteiger partial charge >= 0.3 is 0 Å². The van der Waals surface area contributed by atoms with Crippen LogP contribution in [0.3, 0.4) is 0 Å². The molecular weight excluding hydrogens is 252 g/mol. The van der Waals surface area contributed by atoms with Crippen LogP contribution < -0.4 is 0 Å². The molecule has 1 aliphatic rings. The Bertz CT molecular complexity index is 710. The van der Waals surface area contributed by atoms with Crippen molar-refractivity contribution in [3.05, 3.63) is 63.7 Å². The number of aryl methyl sites for hydroxylation is 3. The van der Waals surface area contributed by atoms with E-state index in [-0.39, 0.29) is 0 Å². The molecule has 0 N–H and O–H groups in total. The minimum absolute atomic E-state index is 0.629. The molecule has 2 aromatic carbocycles. The SMILES string of the molecule is Cc1cc(C)cc(-c2cc(C)cc3c2C=C(C(C)C)C3)c1. The Morgan fingerprint density at radius 3 is 2.05 bits per heavy atom. The van der Waals surface area contributed by atoms with E-state index in [1.54, 1.807) is 5.57 Å². The van der Waals surface area contributed by atoms with Gasteiger partial charge < -0.3 is 0 Å². The van der Waals surface area contributed by atoms with Crippen molar-refractivity contribution >= 4 is 6.08 Å². The van der Waals surface area contributed by atoms with Crippen LogP contribution in [-0.4, -0.2) is 0 Å². The van der Waals surface area contributed by atoms with Crippen molar-refractivity contribution in [3.8, 4) is 11.1 Å². The molecule has 0 radical (unpaired) electrons. The third kappa shape index (κ3) is 2.68. The predicted octanol–water partition coefficient (Wildman–Crippen LogP) is 5.87. The quantitative estimate of drug-likeness (QED) is 0.643. The first kappa shape index (κ1) is 14.1. The Labute approximate surface area is 128 Å². The van der Waals surface area contributed by atoms with Gasteiger partial charge in [0, 0.05) is 0 Å². The summed E-state index contributed by atoms with van der Waals surface area (Å²) in [6.45, 7) is 11.2. The highest BCUT2D eigenvalue weighted by atomic mass is 14.2. The first-order valence-corrected chi connectivity index (χ1v) is 7.86. The predicted molar refractivity (Wildman–Crippen MR) is 92.6 cm³/mol. The molecule has 0 nitrogen and oxygen atoms in total. The highest BCUT2D eigenvalue weighted by molar-refractivity contribution is 5.82. The Hall–Kier alpha value is -1.82. The van der Waals surface area contributed by atoms with Crippen LogP contribution in [0.15, 0.2) is 35.9 Å². The molecule has 21 heavy (non-hydrogen) atoms. The topological polar surface area (TPSA) is 0 Å². The first-order chi connectivity index (χ1) is 9.94. The standard InChI is InChI=1S/C21H24/c1-13(2)17-11-19-9-16(5)10-20(21(19)12-17)18-7-14(3)6-15(4)8-18/h6-10,12-13H,11H2,1-5H3. The van der Waals surface area contributed by atoms with Gasteiger partial charge in [0.25, 0.3) is 0 Å². The lowest BCUT2D eigenvalue weighted by molar-refractivity contribution is 0.754. The summed E-state index contributed by atoms with van der Waals surface area (Å²) in [5.41, 5.74) is 11.3. The second kappa shape index (κ2) is 5.18. The zero-order valence-corrected chi connectivity index (χ0v) is 13.7. The lowest BCUT2D eigenvalue weighted by Crippen LogP contribution is -1.94. The van der Waals surface area contributed by atoms with Gasteiger partial charge in [-0.3, -0.25) is 0 Å². The number of fused-ring (bicyclic) bond motifs is 1. The van der Waals surface area contributed by atoms with Crippen LogP contribution >= 0.6 is 0 Å². The van der Waals surface area contributed by atoms with Gasteiger partial charge in [0.15, 0.2) is 0 Å². The normalized spacial score (nSPS) is 13.5. The summed E-state index contributed by atoms with van der Waals surface area (Å²) in [7, 11) is 0. The molecule has 0 heterocycles. The second-order valence-corrected chi connectivity index (χ2v) is 6.81. The van der Waals surface area contributed by atoms with Crippen LogP contribution in [0.1, 0.15) is 41.7 Å². The van der Waals surface area contributed by atoms with Gasteiger partial charge in [-0.1, -0.05) is 72.5 Å². The average Bonchev–Trinajstić information content (AvgIpc) is 2.80. The van der Waals surface area contributed by atoms with Gasteiger partial charge in [-0.05, 0) is 55.4 Å². The fourth-order valence-electron chi connectivity index (χ4n) is 3.39. The van der Waals surface area contributed by atoms with E-state index in [9.17, 15) is 0 Å². The van der Waals surface area contributed by atoms with E-state index in [2.05, 4.69) is 71.0 Å². The first-order valence-electron chi connectivity index (χ1n) is 7.86. The minimum Gasteiger partial charge on any atom is -0.0626 e. The van der Waals surface area contributed by atoms with E-state index in [0.29, 0.717) is 5.92 Å². The summed E-state index contributed by atoms with van der Waals surface area (Å²) in [4.78, 5) is 0. The zero-order valence-electron chi connectivity index (χ0n) is 13.7. The molecule has 0 amide bonds. The maximum Gasteiger partial charge on any atom is -0.00549 e. The average molecular weight is 276 g/mol. The van der Waals surface area contributed by atoms with Gasteiger partial charge in [-0.15, -0.1) is 0 Å².